The SMILES string of the molecule is COc1ccc(Oc2ccc(F)cc2F)cc1NC(=O)C1CCC(=O)N1C(C)=O. The van der Waals surface area contributed by atoms with Crippen LogP contribution in [0.4, 0.5) is 14.5 Å². The first kappa shape index (κ1) is 20.2. The molecule has 2 aromatic rings. The van der Waals surface area contributed by atoms with Gasteiger partial charge in [-0.3, -0.25) is 19.3 Å². The number of hydrogen-bond acceptors (Lipinski definition) is 5. The van der Waals surface area contributed by atoms with Crippen LogP contribution in [0, 0.1) is 11.6 Å². The molecule has 1 fully saturated rings. The Balaban J connectivity index is 1.83. The molecule has 1 aliphatic rings. The Labute approximate surface area is 165 Å². The number of anilines is 1. The third kappa shape index (κ3) is 4.34. The van der Waals surface area contributed by atoms with Crippen LogP contribution in [-0.4, -0.2) is 35.8 Å². The zero-order chi connectivity index (χ0) is 21.1. The summed E-state index contributed by atoms with van der Waals surface area (Å²) in [5.74, 6) is -2.84. The summed E-state index contributed by atoms with van der Waals surface area (Å²) in [7, 11) is 1.39. The maximum Gasteiger partial charge on any atom is 0.247 e. The maximum absolute atomic E-state index is 13.8. The number of imide groups is 1. The zero-order valence-corrected chi connectivity index (χ0v) is 15.7. The monoisotopic (exact) mass is 404 g/mol. The van der Waals surface area contributed by atoms with E-state index in [0.717, 1.165) is 17.0 Å². The first-order valence-corrected chi connectivity index (χ1v) is 8.74. The van der Waals surface area contributed by atoms with Gasteiger partial charge >= 0.3 is 0 Å². The molecule has 1 unspecified atom stereocenters. The van der Waals surface area contributed by atoms with Crippen molar-refractivity contribution in [3.8, 4) is 17.2 Å². The van der Waals surface area contributed by atoms with Crippen LogP contribution in [0.2, 0.25) is 0 Å². The maximum atomic E-state index is 13.8. The van der Waals surface area contributed by atoms with Crippen molar-refractivity contribution < 1.29 is 32.6 Å². The predicted molar refractivity (Wildman–Crippen MR) is 98.6 cm³/mol. The summed E-state index contributed by atoms with van der Waals surface area (Å²) in [5.41, 5.74) is 0.209. The largest absolute Gasteiger partial charge is 0.495 e. The summed E-state index contributed by atoms with van der Waals surface area (Å²) in [6.45, 7) is 1.22. The van der Waals surface area contributed by atoms with Gasteiger partial charge in [-0.25, -0.2) is 8.78 Å². The predicted octanol–water partition coefficient (Wildman–Crippen LogP) is 3.24. The minimum atomic E-state index is -0.927. The lowest BCUT2D eigenvalue weighted by molar-refractivity contribution is -0.145. The van der Waals surface area contributed by atoms with Crippen molar-refractivity contribution in [2.75, 3.05) is 12.4 Å². The molecule has 29 heavy (non-hydrogen) atoms. The highest BCUT2D eigenvalue weighted by Gasteiger charge is 2.38. The van der Waals surface area contributed by atoms with Gasteiger partial charge in [0.1, 0.15) is 23.4 Å². The van der Waals surface area contributed by atoms with E-state index in [-0.39, 0.29) is 30.0 Å². The Bertz CT molecular complexity index is 979. The van der Waals surface area contributed by atoms with Crippen molar-refractivity contribution in [1.29, 1.82) is 0 Å². The van der Waals surface area contributed by atoms with Crippen molar-refractivity contribution in [2.24, 2.45) is 0 Å². The topological polar surface area (TPSA) is 84.9 Å². The van der Waals surface area contributed by atoms with E-state index in [2.05, 4.69) is 5.32 Å². The molecule has 0 radical (unpaired) electrons. The Morgan fingerprint density at radius 1 is 1.14 bits per heavy atom. The van der Waals surface area contributed by atoms with E-state index in [0.29, 0.717) is 11.8 Å². The lowest BCUT2D eigenvalue weighted by atomic mass is 10.2. The van der Waals surface area contributed by atoms with Gasteiger partial charge in [0.2, 0.25) is 17.7 Å². The van der Waals surface area contributed by atoms with Crippen LogP contribution in [0.1, 0.15) is 19.8 Å². The summed E-state index contributed by atoms with van der Waals surface area (Å²) in [5, 5.41) is 2.61. The number of benzene rings is 2. The molecule has 1 N–H and O–H groups in total. The summed E-state index contributed by atoms with van der Waals surface area (Å²) in [6, 6.07) is 6.33. The average Bonchev–Trinajstić information content (AvgIpc) is 3.06. The third-order valence-electron chi connectivity index (χ3n) is 4.40. The minimum absolute atomic E-state index is 0.0990. The molecule has 3 rings (SSSR count). The highest BCUT2D eigenvalue weighted by molar-refractivity contribution is 6.06. The number of likely N-dealkylation sites (tertiary alicyclic amines) is 1. The van der Waals surface area contributed by atoms with E-state index in [1.807, 2.05) is 0 Å². The van der Waals surface area contributed by atoms with Crippen LogP contribution in [0.3, 0.4) is 0 Å². The standard InChI is InChI=1S/C20H18F2N2O5/c1-11(25)24-16(5-8-19(24)26)20(27)23-15-10-13(4-7-18(15)28-2)29-17-6-3-12(21)9-14(17)22/h3-4,6-7,9-10,16H,5,8H2,1-2H3,(H,23,27). The van der Waals surface area contributed by atoms with Gasteiger partial charge in [-0.1, -0.05) is 0 Å². The fourth-order valence-electron chi connectivity index (χ4n) is 3.08. The number of carbonyl (C=O) groups excluding carboxylic acids is 3. The van der Waals surface area contributed by atoms with Gasteiger partial charge in [0.25, 0.3) is 0 Å². The molecule has 7 nitrogen and oxygen atoms in total. The van der Waals surface area contributed by atoms with Gasteiger partial charge in [-0.05, 0) is 30.7 Å². The van der Waals surface area contributed by atoms with Gasteiger partial charge < -0.3 is 14.8 Å². The first-order valence-electron chi connectivity index (χ1n) is 8.74. The summed E-state index contributed by atoms with van der Waals surface area (Å²) >= 11 is 0. The van der Waals surface area contributed by atoms with Crippen molar-refractivity contribution in [3.63, 3.8) is 0 Å². The van der Waals surface area contributed by atoms with Crippen LogP contribution >= 0.6 is 0 Å². The molecule has 9 heteroatoms. The number of ether oxygens (including phenoxy) is 2. The molecule has 0 spiro atoms. The van der Waals surface area contributed by atoms with Crippen molar-refractivity contribution in [3.05, 3.63) is 48.0 Å². The molecule has 3 amide bonds. The molecule has 0 saturated carbocycles. The normalized spacial score (nSPS) is 15.9. The molecular weight excluding hydrogens is 386 g/mol. The van der Waals surface area contributed by atoms with Gasteiger partial charge in [-0.2, -0.15) is 0 Å². The zero-order valence-electron chi connectivity index (χ0n) is 15.7. The van der Waals surface area contributed by atoms with Gasteiger partial charge in [-0.15, -0.1) is 0 Å². The van der Waals surface area contributed by atoms with Crippen LogP contribution in [0.15, 0.2) is 36.4 Å². The van der Waals surface area contributed by atoms with Crippen molar-refractivity contribution in [1.82, 2.24) is 4.90 Å². The lowest BCUT2D eigenvalue weighted by Crippen LogP contribution is -2.44. The number of nitrogens with one attached hydrogen (secondary N) is 1. The number of carbonyl (C=O) groups is 3. The van der Waals surface area contributed by atoms with Crippen LogP contribution in [-0.2, 0) is 14.4 Å². The highest BCUT2D eigenvalue weighted by atomic mass is 19.1. The third-order valence-corrected chi connectivity index (χ3v) is 4.40. The molecule has 1 atom stereocenters. The molecule has 2 aromatic carbocycles. The number of amides is 3. The van der Waals surface area contributed by atoms with Gasteiger partial charge in [0.05, 0.1) is 12.8 Å². The molecule has 1 saturated heterocycles. The Morgan fingerprint density at radius 2 is 1.86 bits per heavy atom. The van der Waals surface area contributed by atoms with E-state index in [1.165, 1.54) is 32.2 Å². The molecule has 1 aliphatic heterocycles. The number of nitrogens with zero attached hydrogens (tertiary/aromatic N) is 1. The fourth-order valence-corrected chi connectivity index (χ4v) is 3.08. The second-order valence-electron chi connectivity index (χ2n) is 6.37. The smallest absolute Gasteiger partial charge is 0.247 e. The Morgan fingerprint density at radius 3 is 2.52 bits per heavy atom. The number of hydrogen-bond donors (Lipinski definition) is 1. The van der Waals surface area contributed by atoms with Crippen molar-refractivity contribution >= 4 is 23.4 Å². The number of rotatable bonds is 5. The minimum Gasteiger partial charge on any atom is -0.495 e. The molecule has 1 heterocycles. The van der Waals surface area contributed by atoms with Gasteiger partial charge in [0.15, 0.2) is 11.6 Å². The molecule has 0 aromatic heterocycles. The van der Waals surface area contributed by atoms with Crippen LogP contribution in [0.25, 0.3) is 0 Å². The first-order chi connectivity index (χ1) is 13.8. The summed E-state index contributed by atoms with van der Waals surface area (Å²) in [4.78, 5) is 37.1. The van der Waals surface area contributed by atoms with Crippen LogP contribution in [0.5, 0.6) is 17.2 Å². The lowest BCUT2D eigenvalue weighted by Gasteiger charge is -2.21. The van der Waals surface area contributed by atoms with Gasteiger partial charge in [0, 0.05) is 25.5 Å². The molecule has 0 aliphatic carbocycles. The molecular formula is C20H18F2N2O5. The average molecular weight is 404 g/mol. The molecule has 0 bridgehead atoms. The van der Waals surface area contributed by atoms with E-state index < -0.39 is 35.4 Å². The molecule has 152 valence electrons. The van der Waals surface area contributed by atoms with E-state index in [9.17, 15) is 23.2 Å². The van der Waals surface area contributed by atoms with E-state index in [1.54, 1.807) is 0 Å². The number of halogens is 2. The quantitative estimate of drug-likeness (QED) is 0.827. The van der Waals surface area contributed by atoms with E-state index >= 15 is 0 Å². The van der Waals surface area contributed by atoms with Crippen LogP contribution < -0.4 is 14.8 Å². The van der Waals surface area contributed by atoms with Crippen molar-refractivity contribution in [2.45, 2.75) is 25.8 Å². The number of methoxy groups -OCH3 is 1. The van der Waals surface area contributed by atoms with E-state index in [4.69, 9.17) is 9.47 Å². The Hall–Kier alpha value is -3.49. The Kier molecular flexibility index (Phi) is 5.76. The fraction of sp³-hybridized carbons (Fsp3) is 0.250. The highest BCUT2D eigenvalue weighted by Crippen LogP contribution is 2.33. The summed E-state index contributed by atoms with van der Waals surface area (Å²) in [6.07, 6.45) is 0.311. The second kappa shape index (κ2) is 8.26. The summed E-state index contributed by atoms with van der Waals surface area (Å²) < 4.78 is 37.5. The second-order valence-corrected chi connectivity index (χ2v) is 6.37.